The van der Waals surface area contributed by atoms with Gasteiger partial charge in [-0.2, -0.15) is 13.2 Å². The molecule has 0 atom stereocenters. The third kappa shape index (κ3) is 3.92. The van der Waals surface area contributed by atoms with Crippen LogP contribution in [-0.2, 0) is 6.18 Å². The summed E-state index contributed by atoms with van der Waals surface area (Å²) in [6, 6.07) is 8.63. The van der Waals surface area contributed by atoms with E-state index in [2.05, 4.69) is 4.98 Å². The molecule has 1 N–H and O–H groups in total. The number of aliphatic hydroxyl groups is 1. The van der Waals surface area contributed by atoms with Crippen LogP contribution in [0.25, 0.3) is 5.57 Å². The molecule has 0 unspecified atom stereocenters. The fraction of sp³-hybridized carbons (Fsp3) is 0.188. The normalized spacial score (nSPS) is 12.5. The summed E-state index contributed by atoms with van der Waals surface area (Å²) in [5.41, 5.74) is 1.10. The van der Waals surface area contributed by atoms with Crippen molar-refractivity contribution in [1.29, 1.82) is 0 Å². The van der Waals surface area contributed by atoms with E-state index in [-0.39, 0.29) is 6.61 Å². The van der Waals surface area contributed by atoms with Crippen molar-refractivity contribution in [3.63, 3.8) is 0 Å². The molecule has 0 fully saturated rings. The van der Waals surface area contributed by atoms with E-state index in [1.54, 1.807) is 36.7 Å². The second kappa shape index (κ2) is 6.54. The first-order chi connectivity index (χ1) is 10.0. The highest BCUT2D eigenvalue weighted by molar-refractivity contribution is 5.79. The summed E-state index contributed by atoms with van der Waals surface area (Å²) in [6.45, 7) is -0.0667. The van der Waals surface area contributed by atoms with E-state index in [0.29, 0.717) is 23.1 Å². The van der Waals surface area contributed by atoms with E-state index in [0.717, 1.165) is 12.1 Å². The van der Waals surface area contributed by atoms with Gasteiger partial charge in [-0.15, -0.1) is 0 Å². The zero-order valence-corrected chi connectivity index (χ0v) is 11.1. The highest BCUT2D eigenvalue weighted by atomic mass is 19.4. The fourth-order valence-corrected chi connectivity index (χ4v) is 2.00. The van der Waals surface area contributed by atoms with Gasteiger partial charge in [0.2, 0.25) is 0 Å². The van der Waals surface area contributed by atoms with Crippen molar-refractivity contribution in [1.82, 2.24) is 4.98 Å². The van der Waals surface area contributed by atoms with E-state index in [1.807, 2.05) is 0 Å². The van der Waals surface area contributed by atoms with Crippen LogP contribution in [0.1, 0.15) is 23.1 Å². The summed E-state index contributed by atoms with van der Waals surface area (Å²) in [6.07, 6.45) is 0.878. The molecule has 0 aliphatic carbocycles. The molecule has 110 valence electrons. The predicted molar refractivity (Wildman–Crippen MR) is 74.5 cm³/mol. The van der Waals surface area contributed by atoms with Gasteiger partial charge in [0.15, 0.2) is 0 Å². The minimum Gasteiger partial charge on any atom is -0.396 e. The molecule has 0 saturated heterocycles. The van der Waals surface area contributed by atoms with Gasteiger partial charge in [0.25, 0.3) is 0 Å². The third-order valence-corrected chi connectivity index (χ3v) is 2.95. The monoisotopic (exact) mass is 293 g/mol. The average Bonchev–Trinajstić information content (AvgIpc) is 2.48. The van der Waals surface area contributed by atoms with Crippen LogP contribution in [0.4, 0.5) is 13.2 Å². The molecular weight excluding hydrogens is 279 g/mol. The molecule has 2 rings (SSSR count). The van der Waals surface area contributed by atoms with Crippen LogP contribution in [-0.4, -0.2) is 16.7 Å². The number of aliphatic hydroxyl groups excluding tert-OH is 1. The lowest BCUT2D eigenvalue weighted by Gasteiger charge is -2.12. The largest absolute Gasteiger partial charge is 0.416 e. The van der Waals surface area contributed by atoms with E-state index in [1.165, 1.54) is 6.07 Å². The molecule has 0 amide bonds. The van der Waals surface area contributed by atoms with Crippen LogP contribution >= 0.6 is 0 Å². The lowest BCUT2D eigenvalue weighted by molar-refractivity contribution is -0.137. The van der Waals surface area contributed by atoms with E-state index < -0.39 is 11.7 Å². The minimum absolute atomic E-state index is 0.0667. The first-order valence-corrected chi connectivity index (χ1v) is 6.41. The number of halogens is 3. The van der Waals surface area contributed by atoms with Gasteiger partial charge in [-0.05, 0) is 35.8 Å². The maximum Gasteiger partial charge on any atom is 0.416 e. The minimum atomic E-state index is -4.38. The topological polar surface area (TPSA) is 33.1 Å². The molecule has 1 aromatic carbocycles. The molecule has 0 radical (unpaired) electrons. The van der Waals surface area contributed by atoms with Gasteiger partial charge in [0.05, 0.1) is 5.56 Å². The first kappa shape index (κ1) is 15.3. The van der Waals surface area contributed by atoms with Crippen molar-refractivity contribution in [3.05, 3.63) is 71.6 Å². The van der Waals surface area contributed by atoms with Crippen molar-refractivity contribution in [3.8, 4) is 0 Å². The van der Waals surface area contributed by atoms with Gasteiger partial charge in [-0.25, -0.2) is 0 Å². The van der Waals surface area contributed by atoms with Gasteiger partial charge in [0.1, 0.15) is 0 Å². The Morgan fingerprint density at radius 3 is 2.52 bits per heavy atom. The molecule has 1 heterocycles. The third-order valence-electron chi connectivity index (χ3n) is 2.95. The van der Waals surface area contributed by atoms with Crippen LogP contribution in [0.5, 0.6) is 0 Å². The Morgan fingerprint density at radius 1 is 1.14 bits per heavy atom. The van der Waals surface area contributed by atoms with Gasteiger partial charge in [-0.1, -0.05) is 24.3 Å². The number of nitrogens with zero attached hydrogens (tertiary/aromatic N) is 1. The average molecular weight is 293 g/mol. The SMILES string of the molecule is OCCC=C(c1cccnc1)c1cccc(C(F)(F)F)c1. The second-order valence-corrected chi connectivity index (χ2v) is 4.45. The zero-order valence-electron chi connectivity index (χ0n) is 11.1. The summed E-state index contributed by atoms with van der Waals surface area (Å²) < 4.78 is 38.4. The Morgan fingerprint density at radius 2 is 1.90 bits per heavy atom. The summed E-state index contributed by atoms with van der Waals surface area (Å²) in [5, 5.41) is 8.95. The number of hydrogen-bond acceptors (Lipinski definition) is 2. The highest BCUT2D eigenvalue weighted by Crippen LogP contribution is 2.32. The molecule has 5 heteroatoms. The van der Waals surface area contributed by atoms with Crippen LogP contribution in [0, 0.1) is 0 Å². The summed E-state index contributed by atoms with van der Waals surface area (Å²) >= 11 is 0. The van der Waals surface area contributed by atoms with E-state index >= 15 is 0 Å². The molecule has 2 nitrogen and oxygen atoms in total. The van der Waals surface area contributed by atoms with Crippen LogP contribution in [0.2, 0.25) is 0 Å². The standard InChI is InChI=1S/C16H14F3NO/c17-16(18,19)14-6-1-4-12(10-14)15(7-3-9-21)13-5-2-8-20-11-13/h1-2,4-8,10-11,21H,3,9H2. The number of alkyl halides is 3. The Bertz CT molecular complexity index is 621. The quantitative estimate of drug-likeness (QED) is 0.927. The molecule has 0 aliphatic rings. The van der Waals surface area contributed by atoms with Gasteiger partial charge in [-0.3, -0.25) is 4.98 Å². The van der Waals surface area contributed by atoms with Crippen LogP contribution in [0.3, 0.4) is 0 Å². The van der Waals surface area contributed by atoms with Crippen molar-refractivity contribution >= 4 is 5.57 Å². The molecule has 1 aromatic heterocycles. The summed E-state index contributed by atoms with van der Waals surface area (Å²) in [4.78, 5) is 3.98. The number of hydrogen-bond donors (Lipinski definition) is 1. The van der Waals surface area contributed by atoms with Crippen molar-refractivity contribution in [2.24, 2.45) is 0 Å². The number of aromatic nitrogens is 1. The van der Waals surface area contributed by atoms with E-state index in [4.69, 9.17) is 5.11 Å². The summed E-state index contributed by atoms with van der Waals surface area (Å²) in [7, 11) is 0. The van der Waals surface area contributed by atoms with Crippen molar-refractivity contribution in [2.75, 3.05) is 6.61 Å². The zero-order chi connectivity index (χ0) is 15.3. The lowest BCUT2D eigenvalue weighted by atomic mass is 9.96. The Kier molecular flexibility index (Phi) is 4.75. The smallest absolute Gasteiger partial charge is 0.396 e. The summed E-state index contributed by atoms with van der Waals surface area (Å²) in [5.74, 6) is 0. The Balaban J connectivity index is 2.48. The van der Waals surface area contributed by atoms with Crippen molar-refractivity contribution in [2.45, 2.75) is 12.6 Å². The Labute approximate surface area is 120 Å². The molecule has 0 aliphatic heterocycles. The maximum atomic E-state index is 12.8. The molecular formula is C16H14F3NO. The molecule has 0 saturated carbocycles. The number of rotatable bonds is 4. The lowest BCUT2D eigenvalue weighted by Crippen LogP contribution is -2.05. The fourth-order valence-electron chi connectivity index (χ4n) is 2.00. The molecule has 0 bridgehead atoms. The van der Waals surface area contributed by atoms with Crippen LogP contribution < -0.4 is 0 Å². The highest BCUT2D eigenvalue weighted by Gasteiger charge is 2.30. The predicted octanol–water partition coefficient (Wildman–Crippen LogP) is 3.91. The second-order valence-electron chi connectivity index (χ2n) is 4.45. The number of benzene rings is 1. The van der Waals surface area contributed by atoms with Gasteiger partial charge in [0, 0.05) is 24.6 Å². The van der Waals surface area contributed by atoms with Gasteiger partial charge >= 0.3 is 6.18 Å². The first-order valence-electron chi connectivity index (χ1n) is 6.41. The van der Waals surface area contributed by atoms with E-state index in [9.17, 15) is 13.2 Å². The molecule has 21 heavy (non-hydrogen) atoms. The Hall–Kier alpha value is -2.14. The maximum absolute atomic E-state index is 12.8. The molecule has 0 spiro atoms. The van der Waals surface area contributed by atoms with Crippen molar-refractivity contribution < 1.29 is 18.3 Å². The number of pyridine rings is 1. The van der Waals surface area contributed by atoms with Crippen LogP contribution in [0.15, 0.2) is 54.9 Å². The van der Waals surface area contributed by atoms with Gasteiger partial charge < -0.3 is 5.11 Å². The molecule has 2 aromatic rings.